The summed E-state index contributed by atoms with van der Waals surface area (Å²) in [5.74, 6) is 2.40. The molecule has 2 aliphatic heterocycles. The van der Waals surface area contributed by atoms with Gasteiger partial charge in [0.25, 0.3) is 0 Å². The van der Waals surface area contributed by atoms with E-state index in [9.17, 15) is 0 Å². The van der Waals surface area contributed by atoms with Crippen molar-refractivity contribution < 1.29 is 0 Å². The van der Waals surface area contributed by atoms with E-state index in [4.69, 9.17) is 0 Å². The van der Waals surface area contributed by atoms with Crippen LogP contribution < -0.4 is 0 Å². The van der Waals surface area contributed by atoms with Crippen LogP contribution in [0, 0.1) is 0 Å². The Labute approximate surface area is 60.5 Å². The van der Waals surface area contributed by atoms with Gasteiger partial charge in [-0.05, 0) is 6.42 Å². The third-order valence-corrected chi connectivity index (χ3v) is 2.07. The highest BCUT2D eigenvalue weighted by atomic mass is 15.3. The first kappa shape index (κ1) is 5.89. The minimum atomic E-state index is 0.811. The quantitative estimate of drug-likeness (QED) is 0.478. The summed E-state index contributed by atoms with van der Waals surface area (Å²) < 4.78 is 0. The Morgan fingerprint density at radius 2 is 2.50 bits per heavy atom. The van der Waals surface area contributed by atoms with E-state index in [1.165, 1.54) is 12.3 Å². The van der Waals surface area contributed by atoms with E-state index in [2.05, 4.69) is 14.9 Å². The Morgan fingerprint density at radius 3 is 3.30 bits per heavy atom. The summed E-state index contributed by atoms with van der Waals surface area (Å²) in [7, 11) is 1.84. The van der Waals surface area contributed by atoms with Crippen molar-refractivity contribution in [1.82, 2.24) is 4.90 Å². The molecule has 0 aromatic heterocycles. The predicted octanol–water partition coefficient (Wildman–Crippen LogP) is 0.523. The number of hydrogen-bond donors (Lipinski definition) is 0. The zero-order chi connectivity index (χ0) is 6.97. The van der Waals surface area contributed by atoms with Gasteiger partial charge in [0, 0.05) is 20.0 Å². The van der Waals surface area contributed by atoms with Gasteiger partial charge in [-0.2, -0.15) is 0 Å². The lowest BCUT2D eigenvalue weighted by atomic mass is 10.4. The predicted molar refractivity (Wildman–Crippen MR) is 41.6 cm³/mol. The molecule has 2 aliphatic rings. The zero-order valence-corrected chi connectivity index (χ0v) is 6.17. The van der Waals surface area contributed by atoms with Crippen LogP contribution >= 0.6 is 0 Å². The van der Waals surface area contributed by atoms with Crippen molar-refractivity contribution in [2.24, 2.45) is 9.98 Å². The molecular formula is C7H11N3. The van der Waals surface area contributed by atoms with Crippen molar-refractivity contribution in [2.75, 3.05) is 20.1 Å². The second-order valence-corrected chi connectivity index (χ2v) is 2.63. The van der Waals surface area contributed by atoms with Gasteiger partial charge in [-0.25, -0.2) is 0 Å². The van der Waals surface area contributed by atoms with E-state index in [-0.39, 0.29) is 0 Å². The Hall–Kier alpha value is -0.860. The first-order valence-electron chi connectivity index (χ1n) is 3.68. The smallest absolute Gasteiger partial charge is 0.126 e. The summed E-state index contributed by atoms with van der Waals surface area (Å²) in [4.78, 5) is 10.8. The van der Waals surface area contributed by atoms with Crippen molar-refractivity contribution >= 4 is 11.7 Å². The molecule has 3 heteroatoms. The second-order valence-electron chi connectivity index (χ2n) is 2.63. The van der Waals surface area contributed by atoms with Gasteiger partial charge < -0.3 is 4.90 Å². The van der Waals surface area contributed by atoms with Crippen LogP contribution in [-0.2, 0) is 0 Å². The standard InChI is InChI=1S/C7H11N3/c1-8-7-5-9-6-3-2-4-10(6)7/h2-5H2,1H3. The minimum Gasteiger partial charge on any atom is -0.317 e. The van der Waals surface area contributed by atoms with E-state index < -0.39 is 0 Å². The van der Waals surface area contributed by atoms with Gasteiger partial charge >= 0.3 is 0 Å². The van der Waals surface area contributed by atoms with E-state index in [0.29, 0.717) is 0 Å². The normalized spacial score (nSPS) is 27.5. The van der Waals surface area contributed by atoms with Gasteiger partial charge in [0.1, 0.15) is 11.7 Å². The summed E-state index contributed by atoms with van der Waals surface area (Å²) in [5.41, 5.74) is 0. The molecule has 2 heterocycles. The monoisotopic (exact) mass is 137 g/mol. The minimum absolute atomic E-state index is 0.811. The molecule has 10 heavy (non-hydrogen) atoms. The molecule has 0 spiro atoms. The molecule has 54 valence electrons. The highest BCUT2D eigenvalue weighted by Crippen LogP contribution is 2.17. The van der Waals surface area contributed by atoms with Crippen molar-refractivity contribution in [2.45, 2.75) is 12.8 Å². The Kier molecular flexibility index (Phi) is 1.22. The summed E-state index contributed by atoms with van der Waals surface area (Å²) in [6.07, 6.45) is 2.40. The highest BCUT2D eigenvalue weighted by Gasteiger charge is 2.26. The van der Waals surface area contributed by atoms with Gasteiger partial charge in [0.2, 0.25) is 0 Å². The summed E-state index contributed by atoms with van der Waals surface area (Å²) in [5, 5.41) is 0. The molecule has 1 fully saturated rings. The van der Waals surface area contributed by atoms with Gasteiger partial charge in [0.05, 0.1) is 6.54 Å². The van der Waals surface area contributed by atoms with Crippen molar-refractivity contribution in [3.63, 3.8) is 0 Å². The lowest BCUT2D eigenvalue weighted by molar-refractivity contribution is 0.661. The summed E-state index contributed by atoms with van der Waals surface area (Å²) in [6, 6.07) is 0. The van der Waals surface area contributed by atoms with E-state index in [1.807, 2.05) is 7.05 Å². The summed E-state index contributed by atoms with van der Waals surface area (Å²) >= 11 is 0. The molecule has 0 unspecified atom stereocenters. The van der Waals surface area contributed by atoms with E-state index in [1.54, 1.807) is 0 Å². The lowest BCUT2D eigenvalue weighted by Crippen LogP contribution is -2.27. The Balaban J connectivity index is 2.25. The van der Waals surface area contributed by atoms with Crippen LogP contribution in [0.5, 0.6) is 0 Å². The average molecular weight is 137 g/mol. The number of amidine groups is 2. The maximum atomic E-state index is 4.36. The SMILES string of the molecule is CN=C1CN=C2CCCN12. The summed E-state index contributed by atoms with van der Waals surface area (Å²) in [6.45, 7) is 1.94. The highest BCUT2D eigenvalue weighted by molar-refractivity contribution is 6.07. The van der Waals surface area contributed by atoms with Gasteiger partial charge in [-0.3, -0.25) is 9.98 Å². The number of rotatable bonds is 0. The molecule has 2 rings (SSSR count). The molecule has 0 aliphatic carbocycles. The molecule has 0 bridgehead atoms. The maximum absolute atomic E-state index is 4.36. The number of hydrogen-bond acceptors (Lipinski definition) is 2. The van der Waals surface area contributed by atoms with Crippen LogP contribution in [-0.4, -0.2) is 36.7 Å². The van der Waals surface area contributed by atoms with E-state index in [0.717, 1.165) is 25.3 Å². The molecule has 0 radical (unpaired) electrons. The number of fused-ring (bicyclic) bond motifs is 1. The molecule has 3 nitrogen and oxygen atoms in total. The first-order valence-corrected chi connectivity index (χ1v) is 3.68. The van der Waals surface area contributed by atoms with Crippen LogP contribution in [0.4, 0.5) is 0 Å². The first-order chi connectivity index (χ1) is 4.92. The van der Waals surface area contributed by atoms with Gasteiger partial charge in [-0.15, -0.1) is 0 Å². The lowest BCUT2D eigenvalue weighted by Gasteiger charge is -2.11. The number of aliphatic imine (C=N–C) groups is 2. The molecule has 0 amide bonds. The maximum Gasteiger partial charge on any atom is 0.126 e. The van der Waals surface area contributed by atoms with Crippen molar-refractivity contribution in [3.05, 3.63) is 0 Å². The average Bonchev–Trinajstić information content (AvgIpc) is 2.44. The van der Waals surface area contributed by atoms with Crippen molar-refractivity contribution in [3.8, 4) is 0 Å². The fraction of sp³-hybridized carbons (Fsp3) is 0.714. The van der Waals surface area contributed by atoms with Gasteiger partial charge in [-0.1, -0.05) is 0 Å². The fourth-order valence-electron chi connectivity index (χ4n) is 1.54. The van der Waals surface area contributed by atoms with Gasteiger partial charge in [0.15, 0.2) is 0 Å². The Morgan fingerprint density at radius 1 is 1.60 bits per heavy atom. The third kappa shape index (κ3) is 0.664. The van der Waals surface area contributed by atoms with Crippen LogP contribution in [0.2, 0.25) is 0 Å². The zero-order valence-electron chi connectivity index (χ0n) is 6.17. The van der Waals surface area contributed by atoms with Crippen LogP contribution in [0.15, 0.2) is 9.98 Å². The number of nitrogens with zero attached hydrogens (tertiary/aromatic N) is 3. The molecule has 0 atom stereocenters. The fourth-order valence-corrected chi connectivity index (χ4v) is 1.54. The second kappa shape index (κ2) is 2.08. The molecule has 0 saturated carbocycles. The third-order valence-electron chi connectivity index (χ3n) is 2.07. The topological polar surface area (TPSA) is 28.0 Å². The Bertz CT molecular complexity index is 205. The largest absolute Gasteiger partial charge is 0.317 e. The van der Waals surface area contributed by atoms with Crippen LogP contribution in [0.25, 0.3) is 0 Å². The van der Waals surface area contributed by atoms with Crippen molar-refractivity contribution in [1.29, 1.82) is 0 Å². The van der Waals surface area contributed by atoms with Crippen LogP contribution in [0.1, 0.15) is 12.8 Å². The molecular weight excluding hydrogens is 126 g/mol. The van der Waals surface area contributed by atoms with E-state index >= 15 is 0 Å². The molecule has 0 N–H and O–H groups in total. The molecule has 0 aromatic rings. The molecule has 1 saturated heterocycles. The molecule has 0 aromatic carbocycles. The van der Waals surface area contributed by atoms with Crippen LogP contribution in [0.3, 0.4) is 0 Å².